The summed E-state index contributed by atoms with van der Waals surface area (Å²) >= 11 is 0. The van der Waals surface area contributed by atoms with Crippen molar-refractivity contribution < 1.29 is 13.2 Å². The molecule has 0 radical (unpaired) electrons. The standard InChI is InChI=1S/C22H24N4O4S/c1-22(2)19(27)15-12-13(8-9-17(15)31(22,29)30)24-20-18-16(10-11-23-21(18)28)26(25-20)14-6-4-3-5-7-14/h8-12,14H,3-7H2,1-2H3,(H,23,28)(H,24,25). The lowest BCUT2D eigenvalue weighted by Crippen LogP contribution is -2.33. The van der Waals surface area contributed by atoms with Gasteiger partial charge in [0.05, 0.1) is 16.5 Å². The summed E-state index contributed by atoms with van der Waals surface area (Å²) in [6.07, 6.45) is 7.14. The second kappa shape index (κ2) is 6.78. The summed E-state index contributed by atoms with van der Waals surface area (Å²) < 4.78 is 25.8. The van der Waals surface area contributed by atoms with Crippen molar-refractivity contribution in [3.63, 3.8) is 0 Å². The quantitative estimate of drug-likeness (QED) is 0.642. The number of H-pyrrole nitrogens is 1. The van der Waals surface area contributed by atoms with Crippen molar-refractivity contribution >= 4 is 38.0 Å². The fourth-order valence-corrected chi connectivity index (χ4v) is 6.26. The zero-order valence-corrected chi connectivity index (χ0v) is 18.3. The Morgan fingerprint density at radius 3 is 2.61 bits per heavy atom. The van der Waals surface area contributed by atoms with Gasteiger partial charge in [-0.1, -0.05) is 19.3 Å². The first kappa shape index (κ1) is 20.0. The fourth-order valence-electron chi connectivity index (χ4n) is 4.67. The number of ketones is 1. The predicted molar refractivity (Wildman–Crippen MR) is 118 cm³/mol. The number of anilines is 2. The smallest absolute Gasteiger partial charge is 0.261 e. The number of fused-ring (bicyclic) bond motifs is 2. The van der Waals surface area contributed by atoms with Crippen molar-refractivity contribution in [3.05, 3.63) is 46.4 Å². The number of aromatic nitrogens is 3. The molecule has 2 aromatic heterocycles. The minimum absolute atomic E-state index is 0.0449. The predicted octanol–water partition coefficient (Wildman–Crippen LogP) is 3.72. The molecule has 1 fully saturated rings. The van der Waals surface area contributed by atoms with Crippen LogP contribution in [0.4, 0.5) is 11.5 Å². The van der Waals surface area contributed by atoms with Crippen LogP contribution in [0.1, 0.15) is 62.4 Å². The molecular formula is C22H24N4O4S. The number of hydrogen-bond donors (Lipinski definition) is 2. The molecule has 2 aliphatic rings. The minimum atomic E-state index is -3.73. The molecule has 0 atom stereocenters. The van der Waals surface area contributed by atoms with E-state index in [0.29, 0.717) is 16.9 Å². The first-order valence-corrected chi connectivity index (χ1v) is 12.0. The molecule has 9 heteroatoms. The number of rotatable bonds is 3. The Morgan fingerprint density at radius 2 is 1.87 bits per heavy atom. The molecule has 1 aliphatic heterocycles. The van der Waals surface area contributed by atoms with Crippen LogP contribution in [0.15, 0.2) is 40.2 Å². The van der Waals surface area contributed by atoms with Gasteiger partial charge in [0.15, 0.2) is 21.4 Å². The van der Waals surface area contributed by atoms with E-state index in [2.05, 4.69) is 10.3 Å². The van der Waals surface area contributed by atoms with Crippen LogP contribution in [-0.2, 0) is 9.84 Å². The number of nitrogens with zero attached hydrogens (tertiary/aromatic N) is 2. The molecule has 1 aromatic carbocycles. The molecule has 3 heterocycles. The molecule has 0 bridgehead atoms. The van der Waals surface area contributed by atoms with E-state index in [1.165, 1.54) is 32.4 Å². The van der Waals surface area contributed by atoms with E-state index in [-0.39, 0.29) is 22.1 Å². The number of nitrogens with one attached hydrogen (secondary N) is 2. The highest BCUT2D eigenvalue weighted by Gasteiger charge is 2.51. The summed E-state index contributed by atoms with van der Waals surface area (Å²) in [5.74, 6) is -0.0310. The van der Waals surface area contributed by atoms with Crippen LogP contribution in [0.5, 0.6) is 0 Å². The van der Waals surface area contributed by atoms with Crippen molar-refractivity contribution in [1.82, 2.24) is 14.8 Å². The lowest BCUT2D eigenvalue weighted by molar-refractivity contribution is 0.0959. The third-order valence-electron chi connectivity index (χ3n) is 6.55. The normalized spacial score (nSPS) is 20.1. The molecule has 3 aromatic rings. The largest absolute Gasteiger partial charge is 0.338 e. The molecule has 8 nitrogen and oxygen atoms in total. The number of benzene rings is 1. The van der Waals surface area contributed by atoms with Crippen molar-refractivity contribution in [1.29, 1.82) is 0 Å². The summed E-state index contributed by atoms with van der Waals surface area (Å²) in [6.45, 7) is 2.85. The van der Waals surface area contributed by atoms with Crippen LogP contribution in [0, 0.1) is 0 Å². The van der Waals surface area contributed by atoms with Crippen LogP contribution < -0.4 is 10.9 Å². The van der Waals surface area contributed by atoms with Crippen molar-refractivity contribution in [3.8, 4) is 0 Å². The Bertz CT molecular complexity index is 1380. The highest BCUT2D eigenvalue weighted by Crippen LogP contribution is 2.40. The maximum absolute atomic E-state index is 12.7. The number of hydrogen-bond acceptors (Lipinski definition) is 6. The van der Waals surface area contributed by atoms with Crippen LogP contribution in [-0.4, -0.2) is 33.7 Å². The molecule has 2 N–H and O–H groups in total. The fraction of sp³-hybridized carbons (Fsp3) is 0.409. The first-order chi connectivity index (χ1) is 14.7. The molecular weight excluding hydrogens is 416 g/mol. The third kappa shape index (κ3) is 2.86. The summed E-state index contributed by atoms with van der Waals surface area (Å²) in [5, 5.41) is 8.33. The second-order valence-electron chi connectivity index (χ2n) is 8.83. The molecule has 0 saturated heterocycles. The van der Waals surface area contributed by atoms with Gasteiger partial charge in [0.1, 0.15) is 10.1 Å². The number of carbonyl (C=O) groups excluding carboxylic acids is 1. The summed E-state index contributed by atoms with van der Waals surface area (Å²) in [6, 6.07) is 6.68. The highest BCUT2D eigenvalue weighted by molar-refractivity contribution is 7.94. The zero-order valence-electron chi connectivity index (χ0n) is 17.4. The van der Waals surface area contributed by atoms with E-state index in [9.17, 15) is 18.0 Å². The Morgan fingerprint density at radius 1 is 1.13 bits per heavy atom. The van der Waals surface area contributed by atoms with Crippen molar-refractivity contribution in [2.75, 3.05) is 5.32 Å². The lowest BCUT2D eigenvalue weighted by Gasteiger charge is -2.22. The summed E-state index contributed by atoms with van der Waals surface area (Å²) in [5.41, 5.74) is 1.19. The number of pyridine rings is 1. The van der Waals surface area contributed by atoms with Gasteiger partial charge in [0.2, 0.25) is 0 Å². The highest BCUT2D eigenvalue weighted by atomic mass is 32.2. The van der Waals surface area contributed by atoms with Crippen LogP contribution >= 0.6 is 0 Å². The van der Waals surface area contributed by atoms with E-state index in [1.807, 2.05) is 10.7 Å². The molecule has 0 unspecified atom stereocenters. The molecule has 5 rings (SSSR count). The molecule has 0 spiro atoms. The van der Waals surface area contributed by atoms with E-state index >= 15 is 0 Å². The lowest BCUT2D eigenvalue weighted by atomic mass is 9.95. The molecule has 1 aliphatic carbocycles. The SMILES string of the molecule is CC1(C)C(=O)c2cc(Nc3nn(C4CCCCC4)c4cc[nH]c(=O)c34)ccc2S1(=O)=O. The second-order valence-corrected chi connectivity index (χ2v) is 11.3. The van der Waals surface area contributed by atoms with Crippen LogP contribution in [0.25, 0.3) is 10.9 Å². The Labute approximate surface area is 179 Å². The number of aromatic amines is 1. The van der Waals surface area contributed by atoms with Gasteiger partial charge in [-0.15, -0.1) is 0 Å². The third-order valence-corrected chi connectivity index (χ3v) is 9.01. The number of carbonyl (C=O) groups is 1. The number of Topliss-reactive ketones (excluding diaryl/α,β-unsaturated/α-hetero) is 1. The van der Waals surface area contributed by atoms with Gasteiger partial charge in [0.25, 0.3) is 5.56 Å². The molecule has 0 amide bonds. The summed E-state index contributed by atoms with van der Waals surface area (Å²) in [7, 11) is -3.73. The topological polar surface area (TPSA) is 114 Å². The Hall–Kier alpha value is -2.94. The van der Waals surface area contributed by atoms with E-state index in [0.717, 1.165) is 31.2 Å². The Balaban J connectivity index is 1.59. The van der Waals surface area contributed by atoms with E-state index < -0.39 is 20.4 Å². The van der Waals surface area contributed by atoms with Gasteiger partial charge >= 0.3 is 0 Å². The van der Waals surface area contributed by atoms with E-state index in [4.69, 9.17) is 5.10 Å². The minimum Gasteiger partial charge on any atom is -0.338 e. The van der Waals surface area contributed by atoms with Gasteiger partial charge in [-0.2, -0.15) is 5.10 Å². The average molecular weight is 441 g/mol. The molecule has 162 valence electrons. The first-order valence-electron chi connectivity index (χ1n) is 10.5. The van der Waals surface area contributed by atoms with Gasteiger partial charge in [-0.25, -0.2) is 8.42 Å². The van der Waals surface area contributed by atoms with Crippen LogP contribution in [0.2, 0.25) is 0 Å². The van der Waals surface area contributed by atoms with Gasteiger partial charge in [0, 0.05) is 17.4 Å². The monoisotopic (exact) mass is 440 g/mol. The van der Waals surface area contributed by atoms with Crippen molar-refractivity contribution in [2.45, 2.75) is 61.6 Å². The van der Waals surface area contributed by atoms with Gasteiger partial charge < -0.3 is 10.3 Å². The maximum Gasteiger partial charge on any atom is 0.261 e. The molecule has 1 saturated carbocycles. The zero-order chi connectivity index (χ0) is 22.0. The van der Waals surface area contributed by atoms with Crippen molar-refractivity contribution in [2.24, 2.45) is 0 Å². The number of sulfone groups is 1. The van der Waals surface area contributed by atoms with E-state index in [1.54, 1.807) is 12.3 Å². The Kier molecular flexibility index (Phi) is 4.37. The molecule has 31 heavy (non-hydrogen) atoms. The summed E-state index contributed by atoms with van der Waals surface area (Å²) in [4.78, 5) is 28.1. The maximum atomic E-state index is 12.7. The van der Waals surface area contributed by atoms with Gasteiger partial charge in [-0.3, -0.25) is 14.3 Å². The van der Waals surface area contributed by atoms with Crippen LogP contribution in [0.3, 0.4) is 0 Å². The van der Waals surface area contributed by atoms with Gasteiger partial charge in [-0.05, 0) is 51.0 Å². The average Bonchev–Trinajstić information content (AvgIpc) is 3.18.